The van der Waals surface area contributed by atoms with Crippen molar-refractivity contribution >= 4 is 18.0 Å². The van der Waals surface area contributed by atoms with E-state index in [1.807, 2.05) is 36.4 Å². The van der Waals surface area contributed by atoms with Gasteiger partial charge in [0.1, 0.15) is 12.4 Å². The van der Waals surface area contributed by atoms with Gasteiger partial charge in [-0.1, -0.05) is 49.0 Å². The smallest absolute Gasteiger partial charge is 0.338 e. The highest BCUT2D eigenvalue weighted by Crippen LogP contribution is 2.17. The molecule has 0 aliphatic carbocycles. The van der Waals surface area contributed by atoms with Gasteiger partial charge in [0.05, 0.1) is 0 Å². The Morgan fingerprint density at radius 1 is 1.00 bits per heavy atom. The van der Waals surface area contributed by atoms with E-state index in [0.29, 0.717) is 16.9 Å². The highest BCUT2D eigenvalue weighted by molar-refractivity contribution is 5.93. The zero-order valence-electron chi connectivity index (χ0n) is 14.3. The van der Waals surface area contributed by atoms with E-state index in [0.717, 1.165) is 11.1 Å². The molecule has 0 aromatic heterocycles. The summed E-state index contributed by atoms with van der Waals surface area (Å²) in [5, 5.41) is 0. The Morgan fingerprint density at radius 3 is 2.40 bits per heavy atom. The molecule has 0 unspecified atom stereocenters. The van der Waals surface area contributed by atoms with E-state index < -0.39 is 11.9 Å². The van der Waals surface area contributed by atoms with Crippen molar-refractivity contribution in [1.29, 1.82) is 0 Å². The van der Waals surface area contributed by atoms with E-state index in [1.165, 1.54) is 0 Å². The second-order valence-electron chi connectivity index (χ2n) is 5.63. The zero-order chi connectivity index (χ0) is 18.2. The summed E-state index contributed by atoms with van der Waals surface area (Å²) in [4.78, 5) is 23.6. The monoisotopic (exact) mass is 336 g/mol. The van der Waals surface area contributed by atoms with E-state index in [2.05, 4.69) is 6.58 Å². The summed E-state index contributed by atoms with van der Waals surface area (Å²) in [6, 6.07) is 16.4. The van der Waals surface area contributed by atoms with Gasteiger partial charge in [-0.25, -0.2) is 9.59 Å². The highest BCUT2D eigenvalue weighted by Gasteiger charge is 2.08. The molecule has 0 saturated heterocycles. The molecule has 0 aliphatic rings. The minimum absolute atomic E-state index is 0.223. The first-order valence-electron chi connectivity index (χ1n) is 7.83. The molecule has 128 valence electrons. The van der Waals surface area contributed by atoms with Crippen molar-refractivity contribution in [3.63, 3.8) is 0 Å². The van der Waals surface area contributed by atoms with Gasteiger partial charge in [-0.05, 0) is 43.2 Å². The van der Waals surface area contributed by atoms with E-state index in [4.69, 9.17) is 9.47 Å². The number of hydrogen-bond donors (Lipinski definition) is 0. The maximum Gasteiger partial charge on any atom is 0.338 e. The SMILES string of the molecule is C=C(C)C(=O)Oc1cccc(/C=C(\C)C(=O)OCc2ccccc2)c1. The Labute approximate surface area is 147 Å². The van der Waals surface area contributed by atoms with Crippen molar-refractivity contribution in [1.82, 2.24) is 0 Å². The molecule has 0 atom stereocenters. The van der Waals surface area contributed by atoms with Crippen LogP contribution in [0.15, 0.2) is 72.3 Å². The van der Waals surface area contributed by atoms with Crippen molar-refractivity contribution < 1.29 is 19.1 Å². The first-order valence-corrected chi connectivity index (χ1v) is 7.83. The molecule has 0 radical (unpaired) electrons. The Balaban J connectivity index is 2.02. The molecular weight excluding hydrogens is 316 g/mol. The fourth-order valence-corrected chi connectivity index (χ4v) is 2.01. The predicted octanol–water partition coefficient (Wildman–Crippen LogP) is 4.31. The zero-order valence-corrected chi connectivity index (χ0v) is 14.3. The van der Waals surface area contributed by atoms with E-state index >= 15 is 0 Å². The van der Waals surface area contributed by atoms with Crippen LogP contribution in [0.5, 0.6) is 5.75 Å². The molecule has 0 amide bonds. The van der Waals surface area contributed by atoms with Gasteiger partial charge >= 0.3 is 11.9 Å². The maximum atomic E-state index is 12.1. The predicted molar refractivity (Wildman–Crippen MR) is 96.8 cm³/mol. The van der Waals surface area contributed by atoms with E-state index in [9.17, 15) is 9.59 Å². The normalized spacial score (nSPS) is 10.9. The molecule has 2 aromatic rings. The summed E-state index contributed by atoms with van der Waals surface area (Å²) >= 11 is 0. The topological polar surface area (TPSA) is 52.6 Å². The number of esters is 2. The standard InChI is InChI=1S/C21H20O4/c1-15(2)20(22)25-19-11-7-10-18(13-19)12-16(3)21(23)24-14-17-8-5-4-6-9-17/h4-13H,1,14H2,2-3H3/b16-12+. The van der Waals surface area contributed by atoms with Crippen molar-refractivity contribution in [2.24, 2.45) is 0 Å². The van der Waals surface area contributed by atoms with Gasteiger partial charge in [-0.2, -0.15) is 0 Å². The third kappa shape index (κ3) is 5.77. The lowest BCUT2D eigenvalue weighted by Crippen LogP contribution is -2.08. The Bertz CT molecular complexity index is 804. The molecule has 0 saturated carbocycles. The molecule has 0 fully saturated rings. The number of benzene rings is 2. The lowest BCUT2D eigenvalue weighted by atomic mass is 10.1. The summed E-state index contributed by atoms with van der Waals surface area (Å²) in [7, 11) is 0. The molecular formula is C21H20O4. The van der Waals surface area contributed by atoms with Gasteiger partial charge in [0, 0.05) is 11.1 Å². The van der Waals surface area contributed by atoms with Crippen LogP contribution in [0.3, 0.4) is 0 Å². The van der Waals surface area contributed by atoms with Crippen molar-refractivity contribution in [2.75, 3.05) is 0 Å². The second kappa shape index (κ2) is 8.64. The van der Waals surface area contributed by atoms with Crippen LogP contribution in [0, 0.1) is 0 Å². The van der Waals surface area contributed by atoms with Crippen molar-refractivity contribution in [2.45, 2.75) is 20.5 Å². The van der Waals surface area contributed by atoms with E-state index in [1.54, 1.807) is 38.1 Å². The number of hydrogen-bond acceptors (Lipinski definition) is 4. The molecule has 0 aliphatic heterocycles. The first-order chi connectivity index (χ1) is 12.0. The fourth-order valence-electron chi connectivity index (χ4n) is 2.01. The van der Waals surface area contributed by atoms with Gasteiger partial charge in [-0.3, -0.25) is 0 Å². The Hall–Kier alpha value is -3.14. The largest absolute Gasteiger partial charge is 0.457 e. The maximum absolute atomic E-state index is 12.1. The highest BCUT2D eigenvalue weighted by atomic mass is 16.5. The van der Waals surface area contributed by atoms with Crippen LogP contribution < -0.4 is 4.74 Å². The average Bonchev–Trinajstić information content (AvgIpc) is 2.60. The van der Waals surface area contributed by atoms with Crippen LogP contribution in [-0.4, -0.2) is 11.9 Å². The molecule has 4 heteroatoms. The van der Waals surface area contributed by atoms with Crippen LogP contribution in [0.1, 0.15) is 25.0 Å². The molecule has 0 N–H and O–H groups in total. The van der Waals surface area contributed by atoms with Crippen LogP contribution in [0.4, 0.5) is 0 Å². The summed E-state index contributed by atoms with van der Waals surface area (Å²) in [5.74, 6) is -0.486. The lowest BCUT2D eigenvalue weighted by molar-refractivity contribution is -0.140. The minimum atomic E-state index is -0.486. The lowest BCUT2D eigenvalue weighted by Gasteiger charge is -2.06. The summed E-state index contributed by atoms with van der Waals surface area (Å²) in [6.07, 6.45) is 1.69. The number of ether oxygens (including phenoxy) is 2. The first kappa shape index (κ1) is 18.2. The van der Waals surface area contributed by atoms with Gasteiger partial charge in [0.25, 0.3) is 0 Å². The van der Waals surface area contributed by atoms with Crippen LogP contribution >= 0.6 is 0 Å². The van der Waals surface area contributed by atoms with Crippen LogP contribution in [0.25, 0.3) is 6.08 Å². The average molecular weight is 336 g/mol. The van der Waals surface area contributed by atoms with Crippen LogP contribution in [-0.2, 0) is 20.9 Å². The van der Waals surface area contributed by atoms with E-state index in [-0.39, 0.29) is 6.61 Å². The van der Waals surface area contributed by atoms with Crippen LogP contribution in [0.2, 0.25) is 0 Å². The van der Waals surface area contributed by atoms with Gasteiger partial charge in [-0.15, -0.1) is 0 Å². The minimum Gasteiger partial charge on any atom is -0.457 e. The molecule has 4 nitrogen and oxygen atoms in total. The van der Waals surface area contributed by atoms with Gasteiger partial charge in [0.2, 0.25) is 0 Å². The van der Waals surface area contributed by atoms with Crippen molar-refractivity contribution in [3.05, 3.63) is 83.4 Å². The summed E-state index contributed by atoms with van der Waals surface area (Å²) in [5.41, 5.74) is 2.44. The molecule has 0 bridgehead atoms. The molecule has 2 rings (SSSR count). The fraction of sp³-hybridized carbons (Fsp3) is 0.143. The summed E-state index contributed by atoms with van der Waals surface area (Å²) < 4.78 is 10.5. The second-order valence-corrected chi connectivity index (χ2v) is 5.63. The Kier molecular flexibility index (Phi) is 6.29. The number of carbonyl (C=O) groups is 2. The number of carbonyl (C=O) groups excluding carboxylic acids is 2. The van der Waals surface area contributed by atoms with Crippen molar-refractivity contribution in [3.8, 4) is 5.75 Å². The third-order valence-corrected chi connectivity index (χ3v) is 3.34. The quantitative estimate of drug-likeness (QED) is 0.448. The summed E-state index contributed by atoms with van der Waals surface area (Å²) in [6.45, 7) is 7.03. The molecule has 0 heterocycles. The van der Waals surface area contributed by atoms with Gasteiger partial charge in [0.15, 0.2) is 0 Å². The Morgan fingerprint density at radius 2 is 1.72 bits per heavy atom. The molecule has 25 heavy (non-hydrogen) atoms. The molecule has 0 spiro atoms. The van der Waals surface area contributed by atoms with Gasteiger partial charge < -0.3 is 9.47 Å². The molecule has 2 aromatic carbocycles. The third-order valence-electron chi connectivity index (χ3n) is 3.34. The number of rotatable bonds is 6.